The lowest BCUT2D eigenvalue weighted by atomic mass is 9.96. The smallest absolute Gasteiger partial charge is 0.391 e. The van der Waals surface area contributed by atoms with Crippen LogP contribution in [0.15, 0.2) is 12.1 Å². The molecule has 0 radical (unpaired) electrons. The highest BCUT2D eigenvalue weighted by Gasteiger charge is 2.41. The monoisotopic (exact) mass is 307 g/mol. The first kappa shape index (κ1) is 14.8. The van der Waals surface area contributed by atoms with E-state index < -0.39 is 24.0 Å². The number of thiophene rings is 1. The average molecular weight is 307 g/mol. The second-order valence-electron chi connectivity index (χ2n) is 4.58. The zero-order chi connectivity index (χ0) is 14.9. The maximum Gasteiger partial charge on any atom is 0.391 e. The molecule has 0 unspecified atom stereocenters. The molecule has 0 aliphatic carbocycles. The third-order valence-corrected chi connectivity index (χ3v) is 4.33. The lowest BCUT2D eigenvalue weighted by Crippen LogP contribution is -2.41. The molecule has 1 aliphatic rings. The fraction of sp³-hybridized carbons (Fsp3) is 0.500. The van der Waals surface area contributed by atoms with Crippen LogP contribution in [0.5, 0.6) is 0 Å². The molecule has 1 aromatic rings. The summed E-state index contributed by atoms with van der Waals surface area (Å²) in [6.07, 6.45) is -4.42. The minimum atomic E-state index is -4.21. The molecular formula is C12H12F3NO3S. The predicted molar refractivity (Wildman–Crippen MR) is 66.0 cm³/mol. The summed E-state index contributed by atoms with van der Waals surface area (Å²) < 4.78 is 37.6. The van der Waals surface area contributed by atoms with Crippen molar-refractivity contribution in [3.05, 3.63) is 21.9 Å². The second kappa shape index (κ2) is 5.43. The third-order valence-electron chi connectivity index (χ3n) is 3.27. The Balaban J connectivity index is 1.99. The van der Waals surface area contributed by atoms with E-state index in [1.165, 1.54) is 17.0 Å². The van der Waals surface area contributed by atoms with Crippen LogP contribution >= 0.6 is 11.3 Å². The van der Waals surface area contributed by atoms with Gasteiger partial charge in [0.1, 0.15) is 4.88 Å². The summed E-state index contributed by atoms with van der Waals surface area (Å²) in [5, 5.41) is 8.78. The first-order chi connectivity index (χ1) is 9.29. The van der Waals surface area contributed by atoms with E-state index in [9.17, 15) is 22.8 Å². The van der Waals surface area contributed by atoms with Crippen LogP contribution in [-0.4, -0.2) is 41.1 Å². The molecule has 1 N–H and O–H groups in total. The molecule has 2 rings (SSSR count). The van der Waals surface area contributed by atoms with Gasteiger partial charge in [0.2, 0.25) is 0 Å². The maximum absolute atomic E-state index is 12.5. The fourth-order valence-electron chi connectivity index (χ4n) is 2.13. The Labute approximate surface area is 116 Å². The minimum absolute atomic E-state index is 0.0403. The van der Waals surface area contributed by atoms with Crippen molar-refractivity contribution < 1.29 is 27.9 Å². The Kier molecular flexibility index (Phi) is 4.03. The Morgan fingerprint density at radius 1 is 1.20 bits per heavy atom. The van der Waals surface area contributed by atoms with Gasteiger partial charge >= 0.3 is 12.1 Å². The number of amides is 1. The molecule has 1 aliphatic heterocycles. The van der Waals surface area contributed by atoms with E-state index in [1.807, 2.05) is 0 Å². The van der Waals surface area contributed by atoms with Crippen LogP contribution in [0.3, 0.4) is 0 Å². The number of hydrogen-bond acceptors (Lipinski definition) is 3. The zero-order valence-corrected chi connectivity index (χ0v) is 11.1. The number of rotatable bonds is 2. The molecule has 110 valence electrons. The van der Waals surface area contributed by atoms with Crippen molar-refractivity contribution in [2.45, 2.75) is 19.0 Å². The van der Waals surface area contributed by atoms with Crippen molar-refractivity contribution in [2.24, 2.45) is 5.92 Å². The average Bonchev–Trinajstić information content (AvgIpc) is 2.86. The van der Waals surface area contributed by atoms with Gasteiger partial charge in [-0.15, -0.1) is 11.3 Å². The van der Waals surface area contributed by atoms with E-state index in [2.05, 4.69) is 0 Å². The number of halogens is 3. The highest BCUT2D eigenvalue weighted by Crippen LogP contribution is 2.34. The number of carboxylic acids is 1. The Morgan fingerprint density at radius 2 is 1.75 bits per heavy atom. The van der Waals surface area contributed by atoms with Gasteiger partial charge in [0.05, 0.1) is 10.8 Å². The molecule has 0 saturated carbocycles. The van der Waals surface area contributed by atoms with Gasteiger partial charge in [-0.1, -0.05) is 0 Å². The highest BCUT2D eigenvalue weighted by molar-refractivity contribution is 7.15. The summed E-state index contributed by atoms with van der Waals surface area (Å²) in [6.45, 7) is 0.0899. The van der Waals surface area contributed by atoms with E-state index in [1.54, 1.807) is 0 Å². The first-order valence-corrected chi connectivity index (χ1v) is 6.80. The molecule has 8 heteroatoms. The van der Waals surface area contributed by atoms with E-state index in [0.717, 1.165) is 11.3 Å². The second-order valence-corrected chi connectivity index (χ2v) is 5.66. The number of likely N-dealkylation sites (tertiary alicyclic amines) is 1. The van der Waals surface area contributed by atoms with Gasteiger partial charge in [-0.2, -0.15) is 13.2 Å². The summed E-state index contributed by atoms with van der Waals surface area (Å²) in [4.78, 5) is 24.4. The number of carbonyl (C=O) groups excluding carboxylic acids is 1. The molecule has 2 heterocycles. The van der Waals surface area contributed by atoms with E-state index in [-0.39, 0.29) is 35.7 Å². The van der Waals surface area contributed by atoms with Crippen molar-refractivity contribution in [1.29, 1.82) is 0 Å². The van der Waals surface area contributed by atoms with Crippen LogP contribution in [0.2, 0.25) is 0 Å². The van der Waals surface area contributed by atoms with Gasteiger partial charge in [-0.25, -0.2) is 4.79 Å². The van der Waals surface area contributed by atoms with Crippen LogP contribution in [0.1, 0.15) is 32.2 Å². The molecule has 4 nitrogen and oxygen atoms in total. The van der Waals surface area contributed by atoms with Crippen LogP contribution in [0.4, 0.5) is 13.2 Å². The standard InChI is InChI=1S/C12H12F3NO3S/c13-12(14,15)7-3-5-16(6-4-7)10(17)8-1-2-9(20-8)11(18)19/h1-2,7H,3-6H2,(H,18,19). The normalized spacial score (nSPS) is 17.2. The summed E-state index contributed by atoms with van der Waals surface area (Å²) in [5.74, 6) is -2.88. The van der Waals surface area contributed by atoms with Gasteiger partial charge in [-0.3, -0.25) is 4.79 Å². The van der Waals surface area contributed by atoms with Crippen molar-refractivity contribution in [1.82, 2.24) is 4.90 Å². The molecule has 1 saturated heterocycles. The van der Waals surface area contributed by atoms with Crippen LogP contribution in [-0.2, 0) is 0 Å². The van der Waals surface area contributed by atoms with Crippen molar-refractivity contribution in [2.75, 3.05) is 13.1 Å². The number of carbonyl (C=O) groups is 2. The molecule has 0 aromatic carbocycles. The molecule has 1 amide bonds. The number of carboxylic acid groups (broad SMARTS) is 1. The first-order valence-electron chi connectivity index (χ1n) is 5.98. The number of alkyl halides is 3. The topological polar surface area (TPSA) is 57.6 Å². The van der Waals surface area contributed by atoms with Gasteiger partial charge in [0, 0.05) is 13.1 Å². The molecule has 0 spiro atoms. The van der Waals surface area contributed by atoms with Crippen LogP contribution in [0, 0.1) is 5.92 Å². The van der Waals surface area contributed by atoms with E-state index in [4.69, 9.17) is 5.11 Å². The SMILES string of the molecule is O=C(O)c1ccc(C(=O)N2CCC(C(F)(F)F)CC2)s1. The molecular weight excluding hydrogens is 295 g/mol. The quantitative estimate of drug-likeness (QED) is 0.914. The molecule has 1 aromatic heterocycles. The summed E-state index contributed by atoms with van der Waals surface area (Å²) in [7, 11) is 0. The Bertz CT molecular complexity index is 518. The number of aromatic carboxylic acids is 1. The van der Waals surface area contributed by atoms with Crippen molar-refractivity contribution in [3.8, 4) is 0 Å². The van der Waals surface area contributed by atoms with E-state index >= 15 is 0 Å². The van der Waals surface area contributed by atoms with Crippen molar-refractivity contribution in [3.63, 3.8) is 0 Å². The van der Waals surface area contributed by atoms with Crippen molar-refractivity contribution >= 4 is 23.2 Å². The van der Waals surface area contributed by atoms with Crippen LogP contribution < -0.4 is 0 Å². The van der Waals surface area contributed by atoms with Gasteiger partial charge in [0.15, 0.2) is 0 Å². The summed E-state index contributed by atoms with van der Waals surface area (Å²) in [6, 6.07) is 2.72. The van der Waals surface area contributed by atoms with Gasteiger partial charge < -0.3 is 10.0 Å². The molecule has 1 fully saturated rings. The minimum Gasteiger partial charge on any atom is -0.477 e. The van der Waals surface area contributed by atoms with Crippen LogP contribution in [0.25, 0.3) is 0 Å². The summed E-state index contributed by atoms with van der Waals surface area (Å²) >= 11 is 0.836. The number of hydrogen-bond donors (Lipinski definition) is 1. The Hall–Kier alpha value is -1.57. The third kappa shape index (κ3) is 3.12. The number of nitrogens with zero attached hydrogens (tertiary/aromatic N) is 1. The molecule has 0 atom stereocenters. The van der Waals surface area contributed by atoms with E-state index in [0.29, 0.717) is 0 Å². The fourth-order valence-corrected chi connectivity index (χ4v) is 2.95. The summed E-state index contributed by atoms with van der Waals surface area (Å²) in [5.41, 5.74) is 0. The highest BCUT2D eigenvalue weighted by atomic mass is 32.1. The molecule has 20 heavy (non-hydrogen) atoms. The van der Waals surface area contributed by atoms with Gasteiger partial charge in [0.25, 0.3) is 5.91 Å². The number of piperidine rings is 1. The lowest BCUT2D eigenvalue weighted by Gasteiger charge is -2.32. The zero-order valence-electron chi connectivity index (χ0n) is 10.3. The predicted octanol–water partition coefficient (Wildman–Crippen LogP) is 2.86. The Morgan fingerprint density at radius 3 is 2.20 bits per heavy atom. The molecule has 0 bridgehead atoms. The van der Waals surface area contributed by atoms with Gasteiger partial charge in [-0.05, 0) is 25.0 Å². The maximum atomic E-state index is 12.5. The lowest BCUT2D eigenvalue weighted by molar-refractivity contribution is -0.183. The largest absolute Gasteiger partial charge is 0.477 e.